The zero-order valence-electron chi connectivity index (χ0n) is 15.3. The van der Waals surface area contributed by atoms with Gasteiger partial charge in [0.25, 0.3) is 0 Å². The van der Waals surface area contributed by atoms with E-state index in [-0.39, 0.29) is 29.8 Å². The van der Waals surface area contributed by atoms with Crippen molar-refractivity contribution in [2.75, 3.05) is 0 Å². The normalized spacial score (nSPS) is 19.8. The fourth-order valence-electron chi connectivity index (χ4n) is 3.09. The summed E-state index contributed by atoms with van der Waals surface area (Å²) >= 11 is 0. The number of carbonyl (C=O) groups is 3. The van der Waals surface area contributed by atoms with Gasteiger partial charge in [-0.25, -0.2) is 0 Å². The van der Waals surface area contributed by atoms with Crippen LogP contribution in [-0.4, -0.2) is 22.6 Å². The van der Waals surface area contributed by atoms with E-state index in [2.05, 4.69) is 18.8 Å². The Morgan fingerprint density at radius 1 is 1.16 bits per heavy atom. The smallest absolute Gasteiger partial charge is 0.304 e. The fourth-order valence-corrected chi connectivity index (χ4v) is 3.09. The summed E-state index contributed by atoms with van der Waals surface area (Å²) < 4.78 is 0. The molecule has 25 heavy (non-hydrogen) atoms. The van der Waals surface area contributed by atoms with Crippen molar-refractivity contribution in [3.05, 3.63) is 12.2 Å². The van der Waals surface area contributed by atoms with Crippen molar-refractivity contribution in [2.45, 2.75) is 77.6 Å². The predicted octanol–water partition coefficient (Wildman–Crippen LogP) is 4.33. The molecule has 0 radical (unpaired) electrons. The fraction of sp³-hybridized carbons (Fsp3) is 0.667. The number of hydrogen-bond donors (Lipinski definition) is 1. The summed E-state index contributed by atoms with van der Waals surface area (Å²) in [5, 5.41) is 8.57. The average Bonchev–Trinajstić information content (AvgIpc) is 2.92. The minimum Gasteiger partial charge on any atom is -0.481 e. The van der Waals surface area contributed by atoms with Crippen molar-refractivity contribution in [1.82, 2.24) is 0 Å². The Labute approximate surface area is 151 Å². The standard InChI is InChI=1S/C21H30O4/c1-2-3-4-5-7-10-18(22)15-13-17-14-16-20(23)19(17)11-8-6-9-12-21(24)25/h13,15,17,19H,2-5,7,9-12,14,16H2,1H3,(H,24,25)/b15-13+. The topological polar surface area (TPSA) is 71.4 Å². The van der Waals surface area contributed by atoms with Gasteiger partial charge in [0.1, 0.15) is 5.78 Å². The third-order valence-electron chi connectivity index (χ3n) is 4.62. The highest BCUT2D eigenvalue weighted by Crippen LogP contribution is 2.32. The molecule has 1 aliphatic carbocycles. The molecule has 0 aliphatic heterocycles. The zero-order chi connectivity index (χ0) is 18.5. The highest BCUT2D eigenvalue weighted by molar-refractivity contribution is 5.90. The molecule has 0 aromatic rings. The number of aliphatic carboxylic acids is 1. The second kappa shape index (κ2) is 12.5. The summed E-state index contributed by atoms with van der Waals surface area (Å²) in [4.78, 5) is 34.4. The van der Waals surface area contributed by atoms with Crippen molar-refractivity contribution in [3.8, 4) is 11.8 Å². The van der Waals surface area contributed by atoms with Crippen molar-refractivity contribution in [2.24, 2.45) is 11.8 Å². The molecule has 138 valence electrons. The molecule has 4 heteroatoms. The summed E-state index contributed by atoms with van der Waals surface area (Å²) in [6.45, 7) is 2.17. The second-order valence-electron chi connectivity index (χ2n) is 6.72. The quantitative estimate of drug-likeness (QED) is 0.343. The Bertz CT molecular complexity index is 536. The van der Waals surface area contributed by atoms with E-state index in [0.29, 0.717) is 25.7 Å². The lowest BCUT2D eigenvalue weighted by Crippen LogP contribution is -2.12. The molecular weight excluding hydrogens is 316 g/mol. The number of Topliss-reactive ketones (excluding diaryl/α,β-unsaturated/α-hetero) is 1. The Morgan fingerprint density at radius 2 is 1.92 bits per heavy atom. The van der Waals surface area contributed by atoms with E-state index >= 15 is 0 Å². The van der Waals surface area contributed by atoms with E-state index in [1.165, 1.54) is 19.3 Å². The number of carboxylic acid groups (broad SMARTS) is 1. The van der Waals surface area contributed by atoms with E-state index in [0.717, 1.165) is 19.3 Å². The zero-order valence-corrected chi connectivity index (χ0v) is 15.3. The monoisotopic (exact) mass is 346 g/mol. The molecule has 1 rings (SSSR count). The Balaban J connectivity index is 2.38. The Kier molecular flexibility index (Phi) is 10.6. The van der Waals surface area contributed by atoms with Gasteiger partial charge >= 0.3 is 5.97 Å². The molecule has 2 unspecified atom stereocenters. The van der Waals surface area contributed by atoms with Crippen LogP contribution in [0.25, 0.3) is 0 Å². The summed E-state index contributed by atoms with van der Waals surface area (Å²) in [5.41, 5.74) is 0. The van der Waals surface area contributed by atoms with Gasteiger partial charge in [0, 0.05) is 31.6 Å². The minimum atomic E-state index is -0.861. The van der Waals surface area contributed by atoms with Crippen LogP contribution in [0.5, 0.6) is 0 Å². The average molecular weight is 346 g/mol. The molecule has 1 saturated carbocycles. The lowest BCUT2D eigenvalue weighted by Gasteiger charge is -2.11. The third kappa shape index (κ3) is 9.24. The van der Waals surface area contributed by atoms with E-state index in [1.807, 2.05) is 6.08 Å². The summed E-state index contributed by atoms with van der Waals surface area (Å²) in [6.07, 6.45) is 11.9. The lowest BCUT2D eigenvalue weighted by molar-refractivity contribution is -0.136. The van der Waals surface area contributed by atoms with Crippen LogP contribution < -0.4 is 0 Å². The third-order valence-corrected chi connectivity index (χ3v) is 4.62. The van der Waals surface area contributed by atoms with Crippen molar-refractivity contribution in [1.29, 1.82) is 0 Å². The maximum Gasteiger partial charge on any atom is 0.304 e. The van der Waals surface area contributed by atoms with E-state index in [9.17, 15) is 14.4 Å². The highest BCUT2D eigenvalue weighted by Gasteiger charge is 2.32. The first-order valence-corrected chi connectivity index (χ1v) is 9.45. The van der Waals surface area contributed by atoms with Gasteiger partial charge in [-0.15, -0.1) is 11.8 Å². The van der Waals surface area contributed by atoms with Gasteiger partial charge in [-0.2, -0.15) is 0 Å². The minimum absolute atomic E-state index is 0.0295. The number of carboxylic acids is 1. The van der Waals surface area contributed by atoms with Crippen LogP contribution in [0, 0.1) is 23.7 Å². The predicted molar refractivity (Wildman–Crippen MR) is 98.0 cm³/mol. The van der Waals surface area contributed by atoms with Gasteiger partial charge in [0.05, 0.1) is 6.42 Å². The van der Waals surface area contributed by atoms with E-state index in [4.69, 9.17) is 5.11 Å². The number of unbranched alkanes of at least 4 members (excludes halogenated alkanes) is 4. The molecule has 0 amide bonds. The molecular formula is C21H30O4. The van der Waals surface area contributed by atoms with Gasteiger partial charge < -0.3 is 5.11 Å². The maximum atomic E-state index is 12.0. The molecule has 1 fully saturated rings. The molecule has 0 heterocycles. The first-order chi connectivity index (χ1) is 12.0. The molecule has 1 N–H and O–H groups in total. The molecule has 2 atom stereocenters. The number of rotatable bonds is 11. The summed E-state index contributed by atoms with van der Waals surface area (Å²) in [5.74, 6) is 5.18. The Hall–Kier alpha value is -1.89. The van der Waals surface area contributed by atoms with Gasteiger partial charge in [0.2, 0.25) is 0 Å². The summed E-state index contributed by atoms with van der Waals surface area (Å²) in [7, 11) is 0. The van der Waals surface area contributed by atoms with Gasteiger partial charge in [0.15, 0.2) is 5.78 Å². The second-order valence-corrected chi connectivity index (χ2v) is 6.72. The molecule has 4 nitrogen and oxygen atoms in total. The summed E-state index contributed by atoms with van der Waals surface area (Å²) in [6, 6.07) is 0. The molecule has 0 spiro atoms. The van der Waals surface area contributed by atoms with Gasteiger partial charge in [-0.3, -0.25) is 14.4 Å². The van der Waals surface area contributed by atoms with E-state index < -0.39 is 5.97 Å². The molecule has 0 aromatic carbocycles. The first kappa shape index (κ1) is 21.2. The van der Waals surface area contributed by atoms with Crippen molar-refractivity contribution < 1.29 is 19.5 Å². The largest absolute Gasteiger partial charge is 0.481 e. The maximum absolute atomic E-state index is 12.0. The van der Waals surface area contributed by atoms with Crippen molar-refractivity contribution in [3.63, 3.8) is 0 Å². The molecule has 0 aromatic heterocycles. The van der Waals surface area contributed by atoms with Crippen LogP contribution in [0.2, 0.25) is 0 Å². The molecule has 0 bridgehead atoms. The van der Waals surface area contributed by atoms with Gasteiger partial charge in [-0.1, -0.05) is 38.7 Å². The number of hydrogen-bond acceptors (Lipinski definition) is 3. The van der Waals surface area contributed by atoms with E-state index in [1.54, 1.807) is 6.08 Å². The van der Waals surface area contributed by atoms with Crippen LogP contribution in [-0.2, 0) is 14.4 Å². The Morgan fingerprint density at radius 3 is 2.64 bits per heavy atom. The highest BCUT2D eigenvalue weighted by atomic mass is 16.4. The number of ketones is 2. The SMILES string of the molecule is CCCCCCCC(=O)/C=C/C1CCC(=O)C1CC#CCCC(=O)O. The van der Waals surface area contributed by atoms with Gasteiger partial charge in [-0.05, 0) is 24.8 Å². The van der Waals surface area contributed by atoms with Crippen LogP contribution in [0.1, 0.15) is 77.6 Å². The lowest BCUT2D eigenvalue weighted by atomic mass is 9.91. The van der Waals surface area contributed by atoms with Crippen LogP contribution in [0.3, 0.4) is 0 Å². The van der Waals surface area contributed by atoms with Crippen molar-refractivity contribution >= 4 is 17.5 Å². The van der Waals surface area contributed by atoms with Crippen LogP contribution >= 0.6 is 0 Å². The molecule has 1 aliphatic rings. The van der Waals surface area contributed by atoms with Crippen LogP contribution in [0.15, 0.2) is 12.2 Å². The van der Waals surface area contributed by atoms with Crippen LogP contribution in [0.4, 0.5) is 0 Å². The molecule has 0 saturated heterocycles. The number of carbonyl (C=O) groups excluding carboxylic acids is 2. The number of allylic oxidation sites excluding steroid dienone is 2. The first-order valence-electron chi connectivity index (χ1n) is 9.45.